The van der Waals surface area contributed by atoms with E-state index in [1.807, 2.05) is 0 Å². The summed E-state index contributed by atoms with van der Waals surface area (Å²) < 4.78 is 7.06. The molecule has 0 bridgehead atoms. The molecule has 1 fully saturated rings. The zero-order chi connectivity index (χ0) is 36.3. The lowest BCUT2D eigenvalue weighted by molar-refractivity contribution is 0.323. The van der Waals surface area contributed by atoms with Gasteiger partial charge in [-0.05, 0) is 87.3 Å². The number of rotatable bonds is 5. The normalized spacial score (nSPS) is 26.4. The van der Waals surface area contributed by atoms with Crippen LogP contribution in [0.2, 0.25) is 0 Å². The summed E-state index contributed by atoms with van der Waals surface area (Å²) >= 11 is 0. The van der Waals surface area contributed by atoms with Crippen molar-refractivity contribution >= 4 is 33.4 Å². The topological polar surface area (TPSA) is 13.1 Å². The SMILES string of the molecule is C1=CC2C=CC(C3CC(c4ccccc4)CC(c4ccc(-c5cccc6c7c(oc56)C5C=CC=CC5C(c5ccccc5)=C7)c5ccccc45)C3)=CC2C=C1. The van der Waals surface area contributed by atoms with Gasteiger partial charge in [0.1, 0.15) is 11.3 Å². The van der Waals surface area contributed by atoms with Crippen LogP contribution in [0, 0.1) is 23.7 Å². The zero-order valence-corrected chi connectivity index (χ0v) is 31.0. The predicted molar refractivity (Wildman–Crippen MR) is 230 cm³/mol. The number of hydrogen-bond donors (Lipinski definition) is 0. The smallest absolute Gasteiger partial charge is 0.142 e. The molecule has 0 saturated heterocycles. The van der Waals surface area contributed by atoms with Crippen LogP contribution in [0.3, 0.4) is 0 Å². The molecule has 55 heavy (non-hydrogen) atoms. The summed E-state index contributed by atoms with van der Waals surface area (Å²) in [6, 6.07) is 42.9. The summed E-state index contributed by atoms with van der Waals surface area (Å²) in [6.45, 7) is 0. The Bertz CT molecular complexity index is 2660. The molecule has 7 unspecified atom stereocenters. The molecule has 6 aromatic rings. The second-order valence-corrected chi connectivity index (χ2v) is 16.3. The van der Waals surface area contributed by atoms with E-state index in [0.717, 1.165) is 17.8 Å². The first-order chi connectivity index (χ1) is 27.3. The molecule has 1 aromatic heterocycles. The summed E-state index contributed by atoms with van der Waals surface area (Å²) in [5.74, 6) is 3.93. The first-order valence-electron chi connectivity index (χ1n) is 20.3. The first-order valence-corrected chi connectivity index (χ1v) is 20.3. The molecule has 0 spiro atoms. The van der Waals surface area contributed by atoms with E-state index in [1.54, 1.807) is 0 Å². The number of benzene rings is 5. The molecule has 5 aliphatic rings. The van der Waals surface area contributed by atoms with Gasteiger partial charge in [-0.1, -0.05) is 182 Å². The highest BCUT2D eigenvalue weighted by Crippen LogP contribution is 2.52. The Labute approximate surface area is 324 Å². The fraction of sp³-hybridized carbons (Fsp3) is 0.185. The van der Waals surface area contributed by atoms with Crippen LogP contribution in [0.4, 0.5) is 0 Å². The first kappa shape index (κ1) is 32.5. The zero-order valence-electron chi connectivity index (χ0n) is 31.0. The van der Waals surface area contributed by atoms with Crippen LogP contribution in [-0.2, 0) is 0 Å². The maximum absolute atomic E-state index is 7.06. The van der Waals surface area contributed by atoms with Crippen molar-refractivity contribution in [2.75, 3.05) is 0 Å². The lowest BCUT2D eigenvalue weighted by Crippen LogP contribution is -2.24. The van der Waals surface area contributed by atoms with Gasteiger partial charge < -0.3 is 4.42 Å². The number of fused-ring (bicyclic) bond motifs is 7. The van der Waals surface area contributed by atoms with E-state index in [1.165, 1.54) is 73.5 Å². The second-order valence-electron chi connectivity index (χ2n) is 16.3. The molecule has 5 aliphatic carbocycles. The maximum Gasteiger partial charge on any atom is 0.142 e. The highest BCUT2D eigenvalue weighted by Gasteiger charge is 2.36. The van der Waals surface area contributed by atoms with Gasteiger partial charge in [0.05, 0.1) is 0 Å². The molecular weight excluding hydrogens is 665 g/mol. The maximum atomic E-state index is 7.06. The lowest BCUT2D eigenvalue weighted by Gasteiger charge is -2.38. The van der Waals surface area contributed by atoms with Crippen LogP contribution in [-0.4, -0.2) is 0 Å². The number of hydrogen-bond acceptors (Lipinski definition) is 1. The van der Waals surface area contributed by atoms with Gasteiger partial charge >= 0.3 is 0 Å². The Hall–Kier alpha value is -5.92. The van der Waals surface area contributed by atoms with Gasteiger partial charge in [-0.15, -0.1) is 0 Å². The molecule has 0 N–H and O–H groups in total. The van der Waals surface area contributed by atoms with E-state index >= 15 is 0 Å². The molecule has 5 aromatic carbocycles. The molecule has 11 rings (SSSR count). The summed E-state index contributed by atoms with van der Waals surface area (Å²) in [6.07, 6.45) is 31.6. The summed E-state index contributed by atoms with van der Waals surface area (Å²) in [5, 5.41) is 3.86. The van der Waals surface area contributed by atoms with Gasteiger partial charge in [0.2, 0.25) is 0 Å². The molecule has 0 radical (unpaired) electrons. The van der Waals surface area contributed by atoms with Crippen molar-refractivity contribution in [2.24, 2.45) is 23.7 Å². The van der Waals surface area contributed by atoms with Crippen molar-refractivity contribution in [3.8, 4) is 11.1 Å². The van der Waals surface area contributed by atoms with Crippen molar-refractivity contribution in [1.29, 1.82) is 0 Å². The van der Waals surface area contributed by atoms with E-state index in [0.29, 0.717) is 29.6 Å². The van der Waals surface area contributed by atoms with Crippen LogP contribution in [0.15, 0.2) is 192 Å². The van der Waals surface area contributed by atoms with Crippen molar-refractivity contribution in [3.63, 3.8) is 0 Å². The van der Waals surface area contributed by atoms with E-state index in [-0.39, 0.29) is 11.8 Å². The Morgan fingerprint density at radius 2 is 1.18 bits per heavy atom. The minimum absolute atomic E-state index is 0.169. The monoisotopic (exact) mass is 708 g/mol. The fourth-order valence-electron chi connectivity index (χ4n) is 10.6. The van der Waals surface area contributed by atoms with Crippen LogP contribution in [0.25, 0.3) is 44.5 Å². The summed E-state index contributed by atoms with van der Waals surface area (Å²) in [4.78, 5) is 0. The van der Waals surface area contributed by atoms with Gasteiger partial charge in [-0.25, -0.2) is 0 Å². The van der Waals surface area contributed by atoms with Crippen molar-refractivity contribution in [1.82, 2.24) is 0 Å². The standard InChI is InChI=1S/C54H44O/c1-3-14-35(15-4-1)40-31-41(39-27-26-36-16-7-8-19-38(36)30-39)33-42(32-40)43-28-29-47(45-21-10-9-20-44(43)45)49-24-13-25-50-52-34-51(37-17-5-2-6-18-37)46-22-11-12-23-48(46)54(52)55-53(49)50/h1-30,34,36,38,40-42,46,48H,31-33H2. The lowest BCUT2D eigenvalue weighted by atomic mass is 9.66. The Kier molecular flexibility index (Phi) is 7.94. The third-order valence-corrected chi connectivity index (χ3v) is 13.2. The minimum Gasteiger partial charge on any atom is -0.459 e. The van der Waals surface area contributed by atoms with Crippen molar-refractivity contribution in [2.45, 2.75) is 37.0 Å². The highest BCUT2D eigenvalue weighted by molar-refractivity contribution is 6.08. The van der Waals surface area contributed by atoms with Crippen molar-refractivity contribution < 1.29 is 4.42 Å². The molecule has 1 heteroatoms. The van der Waals surface area contributed by atoms with E-state index in [9.17, 15) is 0 Å². The molecule has 1 saturated carbocycles. The second kappa shape index (κ2) is 13.4. The van der Waals surface area contributed by atoms with Crippen LogP contribution in [0.1, 0.15) is 65.0 Å². The average molecular weight is 709 g/mol. The molecule has 7 atom stereocenters. The van der Waals surface area contributed by atoms with E-state index < -0.39 is 0 Å². The van der Waals surface area contributed by atoms with Gasteiger partial charge in [0.25, 0.3) is 0 Å². The average Bonchev–Trinajstić information content (AvgIpc) is 3.65. The summed E-state index contributed by atoms with van der Waals surface area (Å²) in [5.41, 5.74) is 11.7. The highest BCUT2D eigenvalue weighted by atomic mass is 16.3. The largest absolute Gasteiger partial charge is 0.459 e. The van der Waals surface area contributed by atoms with Crippen molar-refractivity contribution in [3.05, 3.63) is 216 Å². The Balaban J connectivity index is 1.01. The van der Waals surface area contributed by atoms with Gasteiger partial charge in [0.15, 0.2) is 0 Å². The molecule has 1 heterocycles. The predicted octanol–water partition coefficient (Wildman–Crippen LogP) is 14.2. The van der Waals surface area contributed by atoms with Crippen LogP contribution < -0.4 is 0 Å². The van der Waals surface area contributed by atoms with E-state index in [4.69, 9.17) is 4.42 Å². The molecule has 1 nitrogen and oxygen atoms in total. The number of furan rings is 1. The van der Waals surface area contributed by atoms with Crippen LogP contribution >= 0.6 is 0 Å². The van der Waals surface area contributed by atoms with Gasteiger partial charge in [0, 0.05) is 40.2 Å². The molecule has 0 aliphatic heterocycles. The van der Waals surface area contributed by atoms with E-state index in [2.05, 4.69) is 188 Å². The molecule has 266 valence electrons. The summed E-state index contributed by atoms with van der Waals surface area (Å²) in [7, 11) is 0. The number of allylic oxidation sites excluding steroid dienone is 13. The van der Waals surface area contributed by atoms with Crippen LogP contribution in [0.5, 0.6) is 0 Å². The van der Waals surface area contributed by atoms with Gasteiger partial charge in [-0.3, -0.25) is 0 Å². The van der Waals surface area contributed by atoms with Gasteiger partial charge in [-0.2, -0.15) is 0 Å². The quantitative estimate of drug-likeness (QED) is 0.174. The minimum atomic E-state index is 0.169. The number of para-hydroxylation sites is 1. The molecular formula is C54H44O. The third-order valence-electron chi connectivity index (χ3n) is 13.2. The Morgan fingerprint density at radius 1 is 0.491 bits per heavy atom. The fourth-order valence-corrected chi connectivity index (χ4v) is 10.6. The Morgan fingerprint density at radius 3 is 2.04 bits per heavy atom. The molecule has 0 amide bonds. The third kappa shape index (κ3) is 5.60.